The van der Waals surface area contributed by atoms with Gasteiger partial charge in [0.2, 0.25) is 0 Å². The Balaban J connectivity index is 2.29. The number of hydrogen-bond acceptors (Lipinski definition) is 3. The minimum atomic E-state index is -1.01. The van der Waals surface area contributed by atoms with Gasteiger partial charge in [0, 0.05) is 0 Å². The molecule has 2 aliphatic rings. The van der Waals surface area contributed by atoms with Crippen LogP contribution >= 0.6 is 0 Å². The highest BCUT2D eigenvalue weighted by Crippen LogP contribution is 2.58. The highest BCUT2D eigenvalue weighted by atomic mass is 16.3. The number of fused-ring (bicyclic) bond motifs is 1. The first kappa shape index (κ1) is 14.0. The van der Waals surface area contributed by atoms with Gasteiger partial charge in [-0.2, -0.15) is 0 Å². The van der Waals surface area contributed by atoms with Crippen LogP contribution in [-0.4, -0.2) is 33.1 Å². The van der Waals surface area contributed by atoms with Crippen LogP contribution in [0, 0.1) is 17.3 Å². The summed E-state index contributed by atoms with van der Waals surface area (Å²) in [4.78, 5) is 0. The highest BCUT2D eigenvalue weighted by Gasteiger charge is 2.57. The Morgan fingerprint density at radius 3 is 2.39 bits per heavy atom. The molecule has 0 spiro atoms. The summed E-state index contributed by atoms with van der Waals surface area (Å²) < 4.78 is 0. The molecule has 18 heavy (non-hydrogen) atoms. The number of hydrogen-bond donors (Lipinski definition) is 3. The zero-order valence-corrected chi connectivity index (χ0v) is 11.8. The van der Waals surface area contributed by atoms with Crippen molar-refractivity contribution in [3.8, 4) is 0 Å². The van der Waals surface area contributed by atoms with E-state index >= 15 is 0 Å². The Labute approximate surface area is 110 Å². The Morgan fingerprint density at radius 1 is 1.17 bits per heavy atom. The molecule has 0 bridgehead atoms. The molecular formula is C15H26O3. The van der Waals surface area contributed by atoms with Gasteiger partial charge in [-0.1, -0.05) is 19.9 Å². The molecule has 3 N–H and O–H groups in total. The Morgan fingerprint density at radius 2 is 1.78 bits per heavy atom. The van der Waals surface area contributed by atoms with E-state index in [1.165, 1.54) is 0 Å². The number of rotatable bonds is 0. The molecule has 104 valence electrons. The van der Waals surface area contributed by atoms with Crippen LogP contribution in [0.25, 0.3) is 0 Å². The van der Waals surface area contributed by atoms with Crippen molar-refractivity contribution in [2.24, 2.45) is 17.3 Å². The molecule has 1 fully saturated rings. The van der Waals surface area contributed by atoms with Gasteiger partial charge >= 0.3 is 0 Å². The van der Waals surface area contributed by atoms with Crippen molar-refractivity contribution in [3.63, 3.8) is 0 Å². The van der Waals surface area contributed by atoms with Crippen molar-refractivity contribution in [1.82, 2.24) is 0 Å². The van der Waals surface area contributed by atoms with Crippen LogP contribution in [-0.2, 0) is 0 Å². The van der Waals surface area contributed by atoms with E-state index in [-0.39, 0.29) is 11.3 Å². The summed E-state index contributed by atoms with van der Waals surface area (Å²) in [6.45, 7) is 7.95. The molecule has 3 heteroatoms. The Kier molecular flexibility index (Phi) is 3.37. The van der Waals surface area contributed by atoms with Crippen molar-refractivity contribution in [2.45, 2.75) is 64.8 Å². The molecule has 0 radical (unpaired) electrons. The summed E-state index contributed by atoms with van der Waals surface area (Å²) >= 11 is 0. The quantitative estimate of drug-likeness (QED) is 0.578. The number of aliphatic hydroxyl groups is 3. The van der Waals surface area contributed by atoms with Gasteiger partial charge in [-0.3, -0.25) is 0 Å². The molecule has 2 aliphatic carbocycles. The van der Waals surface area contributed by atoms with Gasteiger partial charge in [-0.15, -0.1) is 0 Å². The van der Waals surface area contributed by atoms with Gasteiger partial charge in [-0.25, -0.2) is 0 Å². The third kappa shape index (κ3) is 2.36. The topological polar surface area (TPSA) is 60.7 Å². The molecular weight excluding hydrogens is 228 g/mol. The zero-order valence-electron chi connectivity index (χ0n) is 11.8. The van der Waals surface area contributed by atoms with E-state index < -0.39 is 17.8 Å². The van der Waals surface area contributed by atoms with E-state index in [0.29, 0.717) is 12.3 Å². The average molecular weight is 254 g/mol. The molecule has 0 unspecified atom stereocenters. The highest BCUT2D eigenvalue weighted by molar-refractivity contribution is 5.14. The Bertz CT molecular complexity index is 357. The SMILES string of the molecule is C/C1=C\C[C@@H](O)[C@](C)(O)[C@H]2C[C@@H]2C(C)(C)C[C@H]1O. The van der Waals surface area contributed by atoms with Crippen LogP contribution in [0.5, 0.6) is 0 Å². The molecule has 0 heterocycles. The third-order valence-corrected chi connectivity index (χ3v) is 5.13. The molecule has 0 aliphatic heterocycles. The lowest BCUT2D eigenvalue weighted by molar-refractivity contribution is -0.0837. The van der Waals surface area contributed by atoms with Crippen LogP contribution < -0.4 is 0 Å². The van der Waals surface area contributed by atoms with Gasteiger partial charge in [0.15, 0.2) is 0 Å². The van der Waals surface area contributed by atoms with Crippen LogP contribution in [0.1, 0.15) is 47.0 Å². The second-order valence-electron chi connectivity index (χ2n) is 7.08. The van der Waals surface area contributed by atoms with Crippen LogP contribution in [0.3, 0.4) is 0 Å². The molecule has 2 rings (SSSR count). The van der Waals surface area contributed by atoms with Crippen molar-refractivity contribution < 1.29 is 15.3 Å². The minimum Gasteiger partial charge on any atom is -0.390 e. The first-order chi connectivity index (χ1) is 8.16. The largest absolute Gasteiger partial charge is 0.390 e. The van der Waals surface area contributed by atoms with E-state index in [1.54, 1.807) is 6.92 Å². The molecule has 0 aromatic heterocycles. The van der Waals surface area contributed by atoms with E-state index in [2.05, 4.69) is 13.8 Å². The molecule has 5 atom stereocenters. The molecule has 0 aromatic rings. The van der Waals surface area contributed by atoms with Crippen LogP contribution in [0.15, 0.2) is 11.6 Å². The maximum absolute atomic E-state index is 10.5. The second kappa shape index (κ2) is 4.32. The molecule has 0 aromatic carbocycles. The maximum atomic E-state index is 10.5. The maximum Gasteiger partial charge on any atom is 0.0911 e. The third-order valence-electron chi connectivity index (χ3n) is 5.13. The van der Waals surface area contributed by atoms with E-state index in [0.717, 1.165) is 18.4 Å². The first-order valence-corrected chi connectivity index (χ1v) is 6.91. The summed E-state index contributed by atoms with van der Waals surface area (Å²) in [6.07, 6.45) is 2.77. The molecule has 3 nitrogen and oxygen atoms in total. The summed E-state index contributed by atoms with van der Waals surface area (Å²) in [7, 11) is 0. The zero-order chi connectivity index (χ0) is 13.7. The lowest BCUT2D eigenvalue weighted by atomic mass is 9.75. The van der Waals surface area contributed by atoms with Crippen molar-refractivity contribution >= 4 is 0 Å². The smallest absolute Gasteiger partial charge is 0.0911 e. The summed E-state index contributed by atoms with van der Waals surface area (Å²) in [5, 5.41) is 30.8. The number of aliphatic hydroxyl groups excluding tert-OH is 2. The summed E-state index contributed by atoms with van der Waals surface area (Å²) in [5.74, 6) is 0.546. The first-order valence-electron chi connectivity index (χ1n) is 6.91. The van der Waals surface area contributed by atoms with Gasteiger partial charge < -0.3 is 15.3 Å². The summed E-state index contributed by atoms with van der Waals surface area (Å²) in [5.41, 5.74) is -0.113. The fraction of sp³-hybridized carbons (Fsp3) is 0.867. The fourth-order valence-electron chi connectivity index (χ4n) is 3.43. The van der Waals surface area contributed by atoms with Gasteiger partial charge in [0.1, 0.15) is 0 Å². The van der Waals surface area contributed by atoms with Crippen molar-refractivity contribution in [1.29, 1.82) is 0 Å². The monoisotopic (exact) mass is 254 g/mol. The Hall–Kier alpha value is -0.380. The normalized spacial score (nSPS) is 50.9. The predicted octanol–water partition coefficient (Wildman–Crippen LogP) is 1.86. The molecule has 1 saturated carbocycles. The average Bonchev–Trinajstić information content (AvgIpc) is 3.03. The second-order valence-corrected chi connectivity index (χ2v) is 7.08. The van der Waals surface area contributed by atoms with Gasteiger partial charge in [0.25, 0.3) is 0 Å². The fourth-order valence-corrected chi connectivity index (χ4v) is 3.43. The lowest BCUT2D eigenvalue weighted by Crippen LogP contribution is -2.43. The van der Waals surface area contributed by atoms with E-state index in [9.17, 15) is 15.3 Å². The molecule has 0 saturated heterocycles. The van der Waals surface area contributed by atoms with Crippen molar-refractivity contribution in [2.75, 3.05) is 0 Å². The predicted molar refractivity (Wildman–Crippen MR) is 71.0 cm³/mol. The van der Waals surface area contributed by atoms with E-state index in [1.807, 2.05) is 13.0 Å². The lowest BCUT2D eigenvalue weighted by Gasteiger charge is -2.35. The molecule has 0 amide bonds. The van der Waals surface area contributed by atoms with Crippen LogP contribution in [0.4, 0.5) is 0 Å². The van der Waals surface area contributed by atoms with Gasteiger partial charge in [-0.05, 0) is 55.9 Å². The van der Waals surface area contributed by atoms with E-state index in [4.69, 9.17) is 0 Å². The standard InChI is InChI=1S/C15H26O3/c1-9-5-6-13(17)15(4,18)11-7-10(11)14(2,3)8-12(9)16/h5,10-13,16-18H,6-8H2,1-4H3/b9-5+/t10-,11-,12+,13+,15+/m0/s1. The van der Waals surface area contributed by atoms with Gasteiger partial charge in [0.05, 0.1) is 17.8 Å². The van der Waals surface area contributed by atoms with Crippen LogP contribution in [0.2, 0.25) is 0 Å². The summed E-state index contributed by atoms with van der Waals surface area (Å²) in [6, 6.07) is 0. The van der Waals surface area contributed by atoms with Crippen molar-refractivity contribution in [3.05, 3.63) is 11.6 Å². The minimum absolute atomic E-state index is 0.000231.